The lowest BCUT2D eigenvalue weighted by Gasteiger charge is -2.42. The molecule has 6 N–H and O–H groups in total. The lowest BCUT2D eigenvalue weighted by molar-refractivity contribution is -0.123. The number of nitrogens with zero attached hydrogens (tertiary/aromatic N) is 3. The Morgan fingerprint density at radius 1 is 1.06 bits per heavy atom. The maximum atomic E-state index is 15.4. The second-order valence-electron chi connectivity index (χ2n) is 16.8. The molecule has 1 fully saturated rings. The molecule has 1 saturated carbocycles. The van der Waals surface area contributed by atoms with Crippen LogP contribution in [0.2, 0.25) is 5.02 Å². The summed E-state index contributed by atoms with van der Waals surface area (Å²) in [6, 6.07) is 2.90. The number of allylic oxidation sites excluding steroid dienone is 5. The number of hydrazine groups is 2. The second kappa shape index (κ2) is 20.3. The Morgan fingerprint density at radius 2 is 1.71 bits per heavy atom. The maximum Gasteiger partial charge on any atom is 0.407 e. The van der Waals surface area contributed by atoms with Crippen LogP contribution in [0.5, 0.6) is 0 Å². The summed E-state index contributed by atoms with van der Waals surface area (Å²) >= 11 is 9.67. The highest BCUT2D eigenvalue weighted by Gasteiger charge is 2.47. The summed E-state index contributed by atoms with van der Waals surface area (Å²) < 4.78 is 120. The van der Waals surface area contributed by atoms with E-state index in [-0.39, 0.29) is 45.8 Å². The SMILES string of the molecule is CSNC(C)c1c(Cl)ccc(C2=CC=C(C#CC(C)(C)SC3CC3)N(C)C2[C@H](Cc2cc(F)cc(F)c2)NC(=O)CN(N)C2=C(C(C)C(C)F)CCC2(F)F)c1N(N)CC(F)(F)F. The minimum absolute atomic E-state index is 0.0758. The predicted octanol–water partition coefficient (Wildman–Crippen LogP) is 9.63. The molecule has 0 saturated heterocycles. The highest BCUT2D eigenvalue weighted by Crippen LogP contribution is 2.46. The molecule has 2 aromatic rings. The summed E-state index contributed by atoms with van der Waals surface area (Å²) in [6.07, 6.45) is -0.119. The molecule has 3 aliphatic rings. The van der Waals surface area contributed by atoms with E-state index in [4.69, 9.17) is 23.3 Å². The molecule has 5 atom stereocenters. The molecule has 19 heteroatoms. The summed E-state index contributed by atoms with van der Waals surface area (Å²) in [7, 11) is 1.65. The highest BCUT2D eigenvalue weighted by atomic mass is 35.5. The van der Waals surface area contributed by atoms with Gasteiger partial charge in [-0.3, -0.25) is 14.5 Å². The molecule has 346 valence electrons. The van der Waals surface area contributed by atoms with E-state index in [9.17, 15) is 31.1 Å². The number of halogens is 9. The van der Waals surface area contributed by atoms with E-state index in [1.807, 2.05) is 13.8 Å². The number of rotatable bonds is 17. The minimum Gasteiger partial charge on any atom is -0.359 e. The van der Waals surface area contributed by atoms with Crippen LogP contribution in [0.25, 0.3) is 5.57 Å². The van der Waals surface area contributed by atoms with Crippen LogP contribution >= 0.6 is 35.3 Å². The molecular formula is C44H54ClF8N7OS2. The minimum atomic E-state index is -4.76. The van der Waals surface area contributed by atoms with Crippen molar-refractivity contribution in [3.63, 3.8) is 0 Å². The molecule has 0 radical (unpaired) electrons. The monoisotopic (exact) mass is 947 g/mol. The van der Waals surface area contributed by atoms with Gasteiger partial charge in [-0.05, 0) is 107 Å². The smallest absolute Gasteiger partial charge is 0.359 e. The number of anilines is 1. The number of carbonyl (C=O) groups is 1. The molecule has 2 aliphatic carbocycles. The van der Waals surface area contributed by atoms with Gasteiger partial charge < -0.3 is 15.2 Å². The van der Waals surface area contributed by atoms with Gasteiger partial charge in [-0.15, -0.1) is 11.8 Å². The third kappa shape index (κ3) is 12.8. The van der Waals surface area contributed by atoms with Gasteiger partial charge in [0.15, 0.2) is 0 Å². The molecule has 0 spiro atoms. The van der Waals surface area contributed by atoms with Crippen LogP contribution in [-0.4, -0.2) is 82.6 Å². The molecule has 5 rings (SSSR count). The molecule has 4 unspecified atom stereocenters. The summed E-state index contributed by atoms with van der Waals surface area (Å²) in [4.78, 5) is 15.9. The first-order valence-electron chi connectivity index (χ1n) is 20.4. The van der Waals surface area contributed by atoms with Crippen LogP contribution in [-0.2, 0) is 11.2 Å². The Balaban J connectivity index is 1.70. The van der Waals surface area contributed by atoms with Crippen molar-refractivity contribution in [2.24, 2.45) is 17.6 Å². The Kier molecular flexibility index (Phi) is 16.2. The fourth-order valence-electron chi connectivity index (χ4n) is 8.09. The summed E-state index contributed by atoms with van der Waals surface area (Å²) in [6.45, 7) is 5.95. The number of carbonyl (C=O) groups excluding carboxylic acids is 1. The van der Waals surface area contributed by atoms with Crippen LogP contribution in [0, 0.1) is 29.4 Å². The number of benzene rings is 2. The largest absolute Gasteiger partial charge is 0.407 e. The van der Waals surface area contributed by atoms with Crippen LogP contribution in [0.1, 0.15) is 83.0 Å². The van der Waals surface area contributed by atoms with Gasteiger partial charge in [0, 0.05) is 52.9 Å². The molecule has 0 aromatic heterocycles. The van der Waals surface area contributed by atoms with Crippen molar-refractivity contribution in [3.05, 3.63) is 92.8 Å². The lowest BCUT2D eigenvalue weighted by Crippen LogP contribution is -2.55. The first kappa shape index (κ1) is 50.4. The van der Waals surface area contributed by atoms with Crippen molar-refractivity contribution < 1.29 is 39.9 Å². The summed E-state index contributed by atoms with van der Waals surface area (Å²) in [5, 5.41) is 4.59. The number of hydrogen-bond acceptors (Lipinski definition) is 9. The number of alkyl halides is 6. The molecule has 1 heterocycles. The Morgan fingerprint density at radius 3 is 2.30 bits per heavy atom. The van der Waals surface area contributed by atoms with Gasteiger partial charge >= 0.3 is 6.18 Å². The number of hydrogen-bond donors (Lipinski definition) is 4. The molecule has 1 aliphatic heterocycles. The molecule has 0 bridgehead atoms. The zero-order valence-electron chi connectivity index (χ0n) is 36.1. The summed E-state index contributed by atoms with van der Waals surface area (Å²) in [5.74, 6) is 12.0. The lowest BCUT2D eigenvalue weighted by atomic mass is 9.84. The van der Waals surface area contributed by atoms with E-state index < -0.39 is 89.8 Å². The van der Waals surface area contributed by atoms with Gasteiger partial charge in [-0.1, -0.05) is 48.5 Å². The predicted molar refractivity (Wildman–Crippen MR) is 238 cm³/mol. The van der Waals surface area contributed by atoms with Crippen LogP contribution in [0.4, 0.5) is 40.8 Å². The number of amides is 1. The van der Waals surface area contributed by atoms with Gasteiger partial charge in [0.2, 0.25) is 5.91 Å². The molecule has 1 amide bonds. The number of nitrogens with one attached hydrogen (secondary N) is 2. The molecular weight excluding hydrogens is 894 g/mol. The number of likely N-dealkylation sites (N-methyl/N-ethyl adjacent to an activating group) is 1. The van der Waals surface area contributed by atoms with Gasteiger partial charge in [-0.2, -0.15) is 22.0 Å². The third-order valence-corrected chi connectivity index (χ3v) is 13.6. The second-order valence-corrected chi connectivity index (χ2v) is 19.8. The third-order valence-electron chi connectivity index (χ3n) is 11.2. The van der Waals surface area contributed by atoms with E-state index in [0.717, 1.165) is 25.0 Å². The van der Waals surface area contributed by atoms with E-state index in [0.29, 0.717) is 32.6 Å². The number of nitrogens with two attached hydrogens (primary N) is 2. The van der Waals surface area contributed by atoms with Crippen LogP contribution in [0.15, 0.2) is 59.5 Å². The Bertz CT molecular complexity index is 2150. The summed E-state index contributed by atoms with van der Waals surface area (Å²) in [5.41, 5.74) is 0.563. The standard InChI is InChI=1S/C44H54ClF8N7OS2/c1-24(25(2)46)32-15-17-43(49,50)41(32)59(54)22-37(61)56-36(20-27-18-28(47)21-29(48)19-27)39-33(11-8-30(58(39)6)14-16-42(4,5)63-31-9-10-31)34-12-13-35(45)38(26(3)57-62-7)40(34)60(55)23-44(51,52)53/h8,11-13,18-19,21,24-26,31,36,39,57H,9-10,15,17,20,22-23,54-55H2,1-7H3,(H,56,61)/t24?,25?,26?,36-,39?/m0/s1. The van der Waals surface area contributed by atoms with Crippen LogP contribution in [0.3, 0.4) is 0 Å². The fourth-order valence-corrected chi connectivity index (χ4v) is 10.2. The van der Waals surface area contributed by atoms with Crippen molar-refractivity contribution in [1.82, 2.24) is 19.9 Å². The average Bonchev–Trinajstić information content (AvgIpc) is 3.90. The van der Waals surface area contributed by atoms with Crippen molar-refractivity contribution in [1.29, 1.82) is 0 Å². The van der Waals surface area contributed by atoms with Crippen LogP contribution < -0.4 is 26.7 Å². The highest BCUT2D eigenvalue weighted by molar-refractivity contribution is 8.01. The van der Waals surface area contributed by atoms with E-state index in [2.05, 4.69) is 21.9 Å². The van der Waals surface area contributed by atoms with E-state index in [1.54, 1.807) is 49.0 Å². The van der Waals surface area contributed by atoms with Gasteiger partial charge in [0.25, 0.3) is 5.92 Å². The van der Waals surface area contributed by atoms with Crippen molar-refractivity contribution >= 4 is 52.5 Å². The Labute approximate surface area is 377 Å². The number of thioether (sulfide) groups is 1. The topological polar surface area (TPSA) is 103 Å². The zero-order chi connectivity index (χ0) is 46.8. The molecule has 2 aromatic carbocycles. The fraction of sp³-hybridized carbons (Fsp3) is 0.523. The zero-order valence-corrected chi connectivity index (χ0v) is 38.5. The van der Waals surface area contributed by atoms with Crippen molar-refractivity contribution in [2.75, 3.05) is 31.4 Å². The van der Waals surface area contributed by atoms with Gasteiger partial charge in [0.1, 0.15) is 30.9 Å². The quantitative estimate of drug-likeness (QED) is 0.0406. The first-order valence-corrected chi connectivity index (χ1v) is 22.9. The molecule has 8 nitrogen and oxygen atoms in total. The normalized spacial score (nSPS) is 19.7. The first-order chi connectivity index (χ1) is 29.3. The molecule has 63 heavy (non-hydrogen) atoms. The maximum absolute atomic E-state index is 15.4. The van der Waals surface area contributed by atoms with Crippen molar-refractivity contribution in [2.45, 2.75) is 113 Å². The van der Waals surface area contributed by atoms with Gasteiger partial charge in [-0.25, -0.2) is 24.9 Å². The van der Waals surface area contributed by atoms with E-state index in [1.165, 1.54) is 37.9 Å². The van der Waals surface area contributed by atoms with Crippen molar-refractivity contribution in [3.8, 4) is 11.8 Å². The Hall–Kier alpha value is -3.60. The van der Waals surface area contributed by atoms with Gasteiger partial charge in [0.05, 0.1) is 33.9 Å². The average molecular weight is 949 g/mol. The van der Waals surface area contributed by atoms with E-state index >= 15 is 8.78 Å².